The molecule has 0 amide bonds. The molecule has 0 bridgehead atoms. The van der Waals surface area contributed by atoms with Gasteiger partial charge in [-0.25, -0.2) is 0 Å². The molecule has 1 aromatic rings. The van der Waals surface area contributed by atoms with Crippen molar-refractivity contribution in [2.45, 2.75) is 58.0 Å². The largest absolute Gasteiger partial charge is 0.382 e. The summed E-state index contributed by atoms with van der Waals surface area (Å²) in [5.74, 6) is 0.622. The van der Waals surface area contributed by atoms with Gasteiger partial charge in [0.25, 0.3) is 0 Å². The minimum atomic E-state index is 0.622. The number of nitrogens with zero attached hydrogens (tertiary/aromatic N) is 3. The molecular weight excluding hydrogens is 224 g/mol. The lowest BCUT2D eigenvalue weighted by Crippen LogP contribution is -2.40. The molecule has 2 heterocycles. The highest BCUT2D eigenvalue weighted by Gasteiger charge is 2.20. The Labute approximate surface area is 110 Å². The molecule has 0 aliphatic carbocycles. The monoisotopic (exact) mass is 250 g/mol. The van der Waals surface area contributed by atoms with Crippen LogP contribution in [0.2, 0.25) is 0 Å². The van der Waals surface area contributed by atoms with Crippen molar-refractivity contribution >= 4 is 5.82 Å². The quantitative estimate of drug-likeness (QED) is 0.844. The first-order valence-electron chi connectivity index (χ1n) is 7.32. The molecule has 1 atom stereocenters. The predicted octanol–water partition coefficient (Wildman–Crippen LogP) is 2.51. The van der Waals surface area contributed by atoms with Crippen molar-refractivity contribution in [3.63, 3.8) is 0 Å². The van der Waals surface area contributed by atoms with Gasteiger partial charge in [0.15, 0.2) is 0 Å². The molecule has 18 heavy (non-hydrogen) atoms. The summed E-state index contributed by atoms with van der Waals surface area (Å²) in [6, 6.07) is 2.69. The number of piperidine rings is 1. The predicted molar refractivity (Wildman–Crippen MR) is 75.4 cm³/mol. The van der Waals surface area contributed by atoms with Crippen LogP contribution in [0.5, 0.6) is 0 Å². The van der Waals surface area contributed by atoms with E-state index in [1.54, 1.807) is 0 Å². The Morgan fingerprint density at radius 1 is 1.39 bits per heavy atom. The number of nitrogens with two attached hydrogens (primary N) is 1. The molecular formula is C14H26N4. The van der Waals surface area contributed by atoms with Gasteiger partial charge >= 0.3 is 0 Å². The lowest BCUT2D eigenvalue weighted by atomic mass is 9.98. The highest BCUT2D eigenvalue weighted by molar-refractivity contribution is 5.23. The van der Waals surface area contributed by atoms with Crippen LogP contribution in [-0.2, 0) is 6.54 Å². The minimum Gasteiger partial charge on any atom is -0.382 e. The van der Waals surface area contributed by atoms with E-state index in [2.05, 4.69) is 16.9 Å². The number of likely N-dealkylation sites (tertiary alicyclic amines) is 1. The number of aryl methyl sites for hydroxylation is 1. The molecule has 2 N–H and O–H groups in total. The second-order valence-electron chi connectivity index (χ2n) is 5.33. The maximum atomic E-state index is 5.61. The molecule has 0 radical (unpaired) electrons. The smallest absolute Gasteiger partial charge is 0.145 e. The van der Waals surface area contributed by atoms with Crippen molar-refractivity contribution in [2.24, 2.45) is 0 Å². The molecule has 0 spiro atoms. The third-order valence-corrected chi connectivity index (χ3v) is 3.86. The van der Waals surface area contributed by atoms with Crippen LogP contribution in [-0.4, -0.2) is 33.8 Å². The molecule has 0 saturated carbocycles. The summed E-state index contributed by atoms with van der Waals surface area (Å²) in [5.41, 5.74) is 5.61. The van der Waals surface area contributed by atoms with Crippen molar-refractivity contribution in [3.8, 4) is 0 Å². The minimum absolute atomic E-state index is 0.622. The number of nitrogen functional groups attached to an aromatic ring is 1. The average molecular weight is 250 g/mol. The van der Waals surface area contributed by atoms with E-state index in [4.69, 9.17) is 5.73 Å². The average Bonchev–Trinajstić information content (AvgIpc) is 2.78. The highest BCUT2D eigenvalue weighted by Crippen LogP contribution is 2.20. The van der Waals surface area contributed by atoms with Crippen molar-refractivity contribution in [2.75, 3.05) is 18.8 Å². The second-order valence-corrected chi connectivity index (χ2v) is 5.33. The van der Waals surface area contributed by atoms with Gasteiger partial charge in [-0.2, -0.15) is 5.10 Å². The van der Waals surface area contributed by atoms with E-state index in [-0.39, 0.29) is 0 Å². The van der Waals surface area contributed by atoms with Crippen LogP contribution in [0, 0.1) is 0 Å². The van der Waals surface area contributed by atoms with Gasteiger partial charge in [0.1, 0.15) is 5.82 Å². The molecule has 1 saturated heterocycles. The third kappa shape index (κ3) is 3.73. The van der Waals surface area contributed by atoms with Gasteiger partial charge in [0, 0.05) is 25.3 Å². The fraction of sp³-hybridized carbons (Fsp3) is 0.786. The van der Waals surface area contributed by atoms with Crippen molar-refractivity contribution in [3.05, 3.63) is 12.3 Å². The van der Waals surface area contributed by atoms with Crippen molar-refractivity contribution in [1.29, 1.82) is 0 Å². The summed E-state index contributed by atoms with van der Waals surface area (Å²) in [6.45, 7) is 5.75. The second kappa shape index (κ2) is 6.78. The van der Waals surface area contributed by atoms with Crippen LogP contribution < -0.4 is 5.73 Å². The zero-order chi connectivity index (χ0) is 12.8. The first kappa shape index (κ1) is 13.4. The Hall–Kier alpha value is -1.03. The van der Waals surface area contributed by atoms with E-state index in [0.29, 0.717) is 5.82 Å². The molecule has 1 fully saturated rings. The van der Waals surface area contributed by atoms with Gasteiger partial charge < -0.3 is 10.6 Å². The number of anilines is 1. The summed E-state index contributed by atoms with van der Waals surface area (Å²) in [4.78, 5) is 2.68. The molecule has 4 heteroatoms. The molecule has 1 aliphatic rings. The molecule has 2 rings (SSSR count). The van der Waals surface area contributed by atoms with Gasteiger partial charge in [-0.1, -0.05) is 19.8 Å². The summed E-state index contributed by atoms with van der Waals surface area (Å²) in [5, 5.41) is 4.22. The van der Waals surface area contributed by atoms with Crippen LogP contribution in [0.3, 0.4) is 0 Å². The summed E-state index contributed by atoms with van der Waals surface area (Å²) < 4.78 is 1.95. The Balaban J connectivity index is 1.74. The molecule has 102 valence electrons. The molecule has 1 unspecified atom stereocenters. The zero-order valence-corrected chi connectivity index (χ0v) is 11.5. The number of aromatic nitrogens is 2. The summed E-state index contributed by atoms with van der Waals surface area (Å²) in [6.07, 6.45) is 9.97. The van der Waals surface area contributed by atoms with Gasteiger partial charge in [-0.3, -0.25) is 4.68 Å². The van der Waals surface area contributed by atoms with Crippen LogP contribution in [0.25, 0.3) is 0 Å². The fourth-order valence-corrected chi connectivity index (χ4v) is 2.95. The lowest BCUT2D eigenvalue weighted by molar-refractivity contribution is 0.135. The maximum absolute atomic E-state index is 5.61. The van der Waals surface area contributed by atoms with Gasteiger partial charge in [-0.15, -0.1) is 0 Å². The SMILES string of the molecule is CCCC1CCCCN1CCCn1ccc(N)n1. The Morgan fingerprint density at radius 2 is 2.28 bits per heavy atom. The molecule has 1 aromatic heterocycles. The standard InChI is InChI=1S/C14H26N4/c1-2-6-13-7-3-4-9-17(13)10-5-11-18-12-8-14(15)16-18/h8,12-13H,2-7,9-11H2,1H3,(H2,15,16). The van der Waals surface area contributed by atoms with Crippen LogP contribution in [0.4, 0.5) is 5.82 Å². The topological polar surface area (TPSA) is 47.1 Å². The van der Waals surface area contributed by atoms with Crippen molar-refractivity contribution < 1.29 is 0 Å². The maximum Gasteiger partial charge on any atom is 0.145 e. The first-order valence-corrected chi connectivity index (χ1v) is 7.32. The van der Waals surface area contributed by atoms with E-state index >= 15 is 0 Å². The third-order valence-electron chi connectivity index (χ3n) is 3.86. The summed E-state index contributed by atoms with van der Waals surface area (Å²) >= 11 is 0. The molecule has 0 aromatic carbocycles. The Morgan fingerprint density at radius 3 is 3.00 bits per heavy atom. The van der Waals surface area contributed by atoms with E-state index < -0.39 is 0 Å². The number of hydrogen-bond donors (Lipinski definition) is 1. The highest BCUT2D eigenvalue weighted by atomic mass is 15.3. The molecule has 4 nitrogen and oxygen atoms in total. The number of hydrogen-bond acceptors (Lipinski definition) is 3. The van der Waals surface area contributed by atoms with Crippen LogP contribution in [0.15, 0.2) is 12.3 Å². The lowest BCUT2D eigenvalue weighted by Gasteiger charge is -2.35. The zero-order valence-electron chi connectivity index (χ0n) is 11.5. The van der Waals surface area contributed by atoms with Crippen molar-refractivity contribution in [1.82, 2.24) is 14.7 Å². The Kier molecular flexibility index (Phi) is 5.05. The summed E-state index contributed by atoms with van der Waals surface area (Å²) in [7, 11) is 0. The van der Waals surface area contributed by atoms with E-state index in [0.717, 1.165) is 12.6 Å². The number of rotatable bonds is 6. The van der Waals surface area contributed by atoms with Crippen LogP contribution in [0.1, 0.15) is 45.4 Å². The fourth-order valence-electron chi connectivity index (χ4n) is 2.95. The molecule has 1 aliphatic heterocycles. The van der Waals surface area contributed by atoms with Gasteiger partial charge in [0.05, 0.1) is 0 Å². The van der Waals surface area contributed by atoms with Crippen LogP contribution >= 0.6 is 0 Å². The van der Waals surface area contributed by atoms with E-state index in [9.17, 15) is 0 Å². The Bertz CT molecular complexity index is 345. The normalized spacial score (nSPS) is 21.3. The van der Waals surface area contributed by atoms with E-state index in [1.165, 1.54) is 51.6 Å². The van der Waals surface area contributed by atoms with Gasteiger partial charge in [0.2, 0.25) is 0 Å². The van der Waals surface area contributed by atoms with Gasteiger partial charge in [-0.05, 0) is 38.3 Å². The first-order chi connectivity index (χ1) is 8.79. The van der Waals surface area contributed by atoms with E-state index in [1.807, 2.05) is 16.9 Å².